The summed E-state index contributed by atoms with van der Waals surface area (Å²) in [6, 6.07) is 28.5. The predicted octanol–water partition coefficient (Wildman–Crippen LogP) is 7.24. The van der Waals surface area contributed by atoms with Crippen LogP contribution in [0.1, 0.15) is 22.8 Å². The molecule has 7 nitrogen and oxygen atoms in total. The summed E-state index contributed by atoms with van der Waals surface area (Å²) in [6.07, 6.45) is 7.73. The Morgan fingerprint density at radius 3 is 1.62 bits per heavy atom. The zero-order valence-electron chi connectivity index (χ0n) is 21.0. The summed E-state index contributed by atoms with van der Waals surface area (Å²) in [5.41, 5.74) is 10.3. The number of nitrogens with zero attached hydrogens (tertiary/aromatic N) is 2. The maximum absolute atomic E-state index is 11.6. The van der Waals surface area contributed by atoms with Gasteiger partial charge in [0.15, 0.2) is 0 Å². The highest BCUT2D eigenvalue weighted by molar-refractivity contribution is 7.85. The second-order valence-corrected chi connectivity index (χ2v) is 11.0. The first kappa shape index (κ1) is 24.0. The van der Waals surface area contributed by atoms with Gasteiger partial charge >= 0.3 is 0 Å². The van der Waals surface area contributed by atoms with E-state index in [0.717, 1.165) is 55.7 Å². The summed E-state index contributed by atoms with van der Waals surface area (Å²) < 4.78 is 32.6. The molecule has 2 aliphatic heterocycles. The fourth-order valence-electron chi connectivity index (χ4n) is 5.08. The van der Waals surface area contributed by atoms with Crippen LogP contribution in [0.5, 0.6) is 0 Å². The number of aromatic amines is 2. The molecule has 0 saturated heterocycles. The Kier molecular flexibility index (Phi) is 5.59. The first-order valence-electron chi connectivity index (χ1n) is 12.6. The minimum Gasteiger partial charge on any atom is -0.355 e. The van der Waals surface area contributed by atoms with E-state index >= 15 is 0 Å². The third-order valence-corrected chi connectivity index (χ3v) is 7.77. The van der Waals surface area contributed by atoms with Gasteiger partial charge in [-0.15, -0.1) is 0 Å². The van der Waals surface area contributed by atoms with Crippen LogP contribution in [-0.4, -0.2) is 32.9 Å². The molecule has 0 unspecified atom stereocenters. The molecule has 0 spiro atoms. The molecule has 0 saturated carbocycles. The first-order valence-corrected chi connectivity index (χ1v) is 14.1. The molecule has 0 amide bonds. The molecule has 7 rings (SSSR count). The molecule has 3 aromatic heterocycles. The molecule has 194 valence electrons. The van der Waals surface area contributed by atoms with Gasteiger partial charge in [-0.1, -0.05) is 42.5 Å². The van der Waals surface area contributed by atoms with Gasteiger partial charge in [-0.25, -0.2) is 9.97 Å². The summed E-state index contributed by atoms with van der Waals surface area (Å²) in [5, 5.41) is 0. The molecule has 0 atom stereocenters. The number of hydrogen-bond donors (Lipinski definition) is 3. The number of fused-ring (bicyclic) bond motifs is 8. The van der Waals surface area contributed by atoms with Gasteiger partial charge in [0, 0.05) is 33.2 Å². The zero-order valence-corrected chi connectivity index (χ0v) is 21.9. The Morgan fingerprint density at radius 2 is 1.10 bits per heavy atom. The van der Waals surface area contributed by atoms with Gasteiger partial charge in [0.25, 0.3) is 10.1 Å². The Labute approximate surface area is 230 Å². The van der Waals surface area contributed by atoms with Crippen molar-refractivity contribution in [3.05, 3.63) is 114 Å². The van der Waals surface area contributed by atoms with Crippen LogP contribution in [-0.2, 0) is 10.1 Å². The molecule has 0 fully saturated rings. The van der Waals surface area contributed by atoms with E-state index in [1.54, 1.807) is 12.1 Å². The molecule has 0 aliphatic carbocycles. The van der Waals surface area contributed by atoms with Gasteiger partial charge in [-0.3, -0.25) is 4.55 Å². The van der Waals surface area contributed by atoms with Crippen molar-refractivity contribution >= 4 is 56.5 Å². The second kappa shape index (κ2) is 9.30. The average molecular weight is 543 g/mol. The molecule has 3 N–H and O–H groups in total. The van der Waals surface area contributed by atoms with Crippen LogP contribution in [0, 0.1) is 0 Å². The third kappa shape index (κ3) is 4.45. The predicted molar refractivity (Wildman–Crippen MR) is 160 cm³/mol. The Morgan fingerprint density at radius 1 is 0.575 bits per heavy atom. The molecule has 5 aromatic rings. The largest absolute Gasteiger partial charge is 0.355 e. The van der Waals surface area contributed by atoms with E-state index in [1.165, 1.54) is 12.1 Å². The first-order chi connectivity index (χ1) is 19.4. The molecular formula is C32H22N4O3S. The van der Waals surface area contributed by atoms with E-state index in [0.29, 0.717) is 11.4 Å². The van der Waals surface area contributed by atoms with Crippen molar-refractivity contribution in [2.75, 3.05) is 0 Å². The lowest BCUT2D eigenvalue weighted by Gasteiger charge is -2.06. The standard InChI is InChI=1S/C32H22N4O3S/c37-40(38,39)26-12-6-21(7-13-26)32-29-16-10-24(35-29)18-22-8-14-27(33-22)31(20-4-2-1-3-5-20)28-15-9-23(34-28)19-25-11-17-30(32)36-25/h1-19,33-34H,(H,37,38,39). The Balaban J connectivity index is 1.53. The molecule has 40 heavy (non-hydrogen) atoms. The van der Waals surface area contributed by atoms with Crippen LogP contribution in [0.25, 0.3) is 68.6 Å². The highest BCUT2D eigenvalue weighted by Crippen LogP contribution is 2.33. The molecule has 0 radical (unpaired) electrons. The van der Waals surface area contributed by atoms with E-state index < -0.39 is 10.1 Å². The van der Waals surface area contributed by atoms with Crippen LogP contribution in [0.2, 0.25) is 0 Å². The number of hydrogen-bond acceptors (Lipinski definition) is 4. The fraction of sp³-hybridized carbons (Fsp3) is 0. The molecule has 8 bridgehead atoms. The van der Waals surface area contributed by atoms with Gasteiger partial charge in [0.2, 0.25) is 0 Å². The summed E-state index contributed by atoms with van der Waals surface area (Å²) in [7, 11) is -4.30. The highest BCUT2D eigenvalue weighted by Gasteiger charge is 2.16. The second-order valence-electron chi connectivity index (χ2n) is 9.57. The van der Waals surface area contributed by atoms with Crippen molar-refractivity contribution in [3.63, 3.8) is 0 Å². The van der Waals surface area contributed by atoms with Crippen molar-refractivity contribution in [1.82, 2.24) is 19.9 Å². The van der Waals surface area contributed by atoms with E-state index in [2.05, 4.69) is 34.2 Å². The summed E-state index contributed by atoms with van der Waals surface area (Å²) in [5.74, 6) is 0. The molecule has 5 heterocycles. The average Bonchev–Trinajstić information content (AvgIpc) is 3.76. The SMILES string of the molecule is O=S(=O)(O)c1ccc(-c2c3nc(cc4ccc([nH]4)c(-c4ccccc4)c4ccc(cc5nc2C=C5)[nH]4)C=C3)cc1. The molecular weight excluding hydrogens is 520 g/mol. The van der Waals surface area contributed by atoms with E-state index in [4.69, 9.17) is 9.97 Å². The van der Waals surface area contributed by atoms with Gasteiger partial charge in [-0.2, -0.15) is 8.42 Å². The molecule has 8 heteroatoms. The highest BCUT2D eigenvalue weighted by atomic mass is 32.2. The summed E-state index contributed by atoms with van der Waals surface area (Å²) >= 11 is 0. The fourth-order valence-corrected chi connectivity index (χ4v) is 5.56. The quantitative estimate of drug-likeness (QED) is 0.204. The third-order valence-electron chi connectivity index (χ3n) is 6.90. The number of aromatic nitrogens is 4. The topological polar surface area (TPSA) is 112 Å². The van der Waals surface area contributed by atoms with Crippen LogP contribution < -0.4 is 0 Å². The van der Waals surface area contributed by atoms with Gasteiger partial charge in [0.1, 0.15) is 0 Å². The number of rotatable bonds is 3. The number of H-pyrrole nitrogens is 2. The van der Waals surface area contributed by atoms with Crippen molar-refractivity contribution in [2.24, 2.45) is 0 Å². The Bertz CT molecular complexity index is 2030. The minimum atomic E-state index is -4.30. The lowest BCUT2D eigenvalue weighted by molar-refractivity contribution is 0.483. The summed E-state index contributed by atoms with van der Waals surface area (Å²) in [6.45, 7) is 0. The van der Waals surface area contributed by atoms with Crippen molar-refractivity contribution in [1.29, 1.82) is 0 Å². The van der Waals surface area contributed by atoms with Crippen LogP contribution in [0.4, 0.5) is 0 Å². The van der Waals surface area contributed by atoms with Gasteiger partial charge in [0.05, 0.1) is 27.7 Å². The lowest BCUT2D eigenvalue weighted by Crippen LogP contribution is -1.97. The lowest BCUT2D eigenvalue weighted by atomic mass is 10.0. The van der Waals surface area contributed by atoms with E-state index in [1.807, 2.05) is 66.8 Å². The minimum absolute atomic E-state index is 0.171. The van der Waals surface area contributed by atoms with E-state index in [9.17, 15) is 13.0 Å². The zero-order chi connectivity index (χ0) is 27.3. The monoisotopic (exact) mass is 542 g/mol. The van der Waals surface area contributed by atoms with Crippen LogP contribution in [0.15, 0.2) is 95.9 Å². The smallest absolute Gasteiger partial charge is 0.294 e. The molecule has 2 aromatic carbocycles. The number of nitrogens with one attached hydrogen (secondary N) is 2. The van der Waals surface area contributed by atoms with Crippen molar-refractivity contribution < 1.29 is 13.0 Å². The maximum atomic E-state index is 11.6. The van der Waals surface area contributed by atoms with Crippen molar-refractivity contribution in [3.8, 4) is 22.3 Å². The maximum Gasteiger partial charge on any atom is 0.294 e. The van der Waals surface area contributed by atoms with Crippen molar-refractivity contribution in [2.45, 2.75) is 4.90 Å². The molecule has 2 aliphatic rings. The van der Waals surface area contributed by atoms with Gasteiger partial charge < -0.3 is 9.97 Å². The van der Waals surface area contributed by atoms with E-state index in [-0.39, 0.29) is 4.90 Å². The Hall–Kier alpha value is -5.05. The normalized spacial score (nSPS) is 12.6. The summed E-state index contributed by atoms with van der Waals surface area (Å²) in [4.78, 5) is 16.7. The number of benzene rings is 2. The van der Waals surface area contributed by atoms with Crippen LogP contribution >= 0.6 is 0 Å². The van der Waals surface area contributed by atoms with Crippen LogP contribution in [0.3, 0.4) is 0 Å². The van der Waals surface area contributed by atoms with Gasteiger partial charge in [-0.05, 0) is 84.0 Å².